The van der Waals surface area contributed by atoms with E-state index in [0.29, 0.717) is 0 Å². The van der Waals surface area contributed by atoms with Gasteiger partial charge in [-0.15, -0.1) is 0 Å². The average Bonchev–Trinajstić information content (AvgIpc) is 3.17. The summed E-state index contributed by atoms with van der Waals surface area (Å²) >= 11 is 0. The highest BCUT2D eigenvalue weighted by molar-refractivity contribution is 5.91. The molecule has 32 heavy (non-hydrogen) atoms. The van der Waals surface area contributed by atoms with Crippen LogP contribution in [0, 0.1) is 5.41 Å². The molecule has 0 bridgehead atoms. The van der Waals surface area contributed by atoms with Crippen molar-refractivity contribution in [3.63, 3.8) is 0 Å². The lowest BCUT2D eigenvalue weighted by molar-refractivity contribution is -0.141. The molecule has 4 rings (SSSR count). The Hall–Kier alpha value is -2.71. The van der Waals surface area contributed by atoms with Gasteiger partial charge in [-0.2, -0.15) is 5.10 Å². The molecule has 2 fully saturated rings. The van der Waals surface area contributed by atoms with Crippen molar-refractivity contribution in [1.29, 1.82) is 0 Å². The van der Waals surface area contributed by atoms with Crippen LogP contribution in [-0.2, 0) is 16.6 Å². The molecule has 1 aromatic heterocycles. The van der Waals surface area contributed by atoms with Crippen LogP contribution in [0.5, 0.6) is 0 Å². The summed E-state index contributed by atoms with van der Waals surface area (Å²) < 4.78 is 1.82. The van der Waals surface area contributed by atoms with Crippen LogP contribution in [0.15, 0.2) is 36.5 Å². The molecule has 2 aromatic rings. The van der Waals surface area contributed by atoms with Gasteiger partial charge in [-0.05, 0) is 49.4 Å². The largest absolute Gasteiger partial charge is 0.391 e. The van der Waals surface area contributed by atoms with E-state index in [-0.39, 0.29) is 42.3 Å². The second-order valence-corrected chi connectivity index (χ2v) is 9.46. The van der Waals surface area contributed by atoms with Crippen LogP contribution in [-0.4, -0.2) is 63.4 Å². The van der Waals surface area contributed by atoms with Crippen molar-refractivity contribution in [2.75, 3.05) is 13.6 Å². The van der Waals surface area contributed by atoms with E-state index < -0.39 is 12.1 Å². The highest BCUT2D eigenvalue weighted by Gasteiger charge is 2.51. The highest BCUT2D eigenvalue weighted by atomic mass is 16.3. The van der Waals surface area contributed by atoms with Crippen molar-refractivity contribution in [3.05, 3.63) is 42.1 Å². The van der Waals surface area contributed by atoms with Crippen LogP contribution in [0.25, 0.3) is 11.3 Å². The van der Waals surface area contributed by atoms with E-state index in [2.05, 4.69) is 22.7 Å². The lowest BCUT2D eigenvalue weighted by Gasteiger charge is -2.31. The number of likely N-dealkylation sites (N-methyl/N-ethyl adjacent to an activating group) is 1. The van der Waals surface area contributed by atoms with Gasteiger partial charge in [-0.3, -0.25) is 14.3 Å². The molecular formula is C24H33N5O3. The van der Waals surface area contributed by atoms with Crippen molar-refractivity contribution in [1.82, 2.24) is 25.3 Å². The molecule has 4 atom stereocenters. The van der Waals surface area contributed by atoms with E-state index in [1.165, 1.54) is 0 Å². The fourth-order valence-corrected chi connectivity index (χ4v) is 4.72. The minimum Gasteiger partial charge on any atom is -0.391 e. The highest BCUT2D eigenvalue weighted by Crippen LogP contribution is 2.48. The molecular weight excluding hydrogens is 406 g/mol. The van der Waals surface area contributed by atoms with Gasteiger partial charge in [-0.1, -0.05) is 31.2 Å². The Balaban J connectivity index is 1.43. The van der Waals surface area contributed by atoms with E-state index >= 15 is 0 Å². The number of β-amino-alcohol motifs (C(OH)–C–C–N with tert-alkyl or cyclic N) is 1. The summed E-state index contributed by atoms with van der Waals surface area (Å²) in [6.07, 6.45) is 3.31. The number of aliphatic hydroxyl groups excluding tert-OH is 1. The normalized spacial score (nSPS) is 23.6. The summed E-state index contributed by atoms with van der Waals surface area (Å²) in [6, 6.07) is 8.74. The Morgan fingerprint density at radius 1 is 1.22 bits per heavy atom. The predicted octanol–water partition coefficient (Wildman–Crippen LogP) is 1.61. The van der Waals surface area contributed by atoms with Crippen LogP contribution in [0.3, 0.4) is 0 Å². The van der Waals surface area contributed by atoms with Crippen molar-refractivity contribution in [3.8, 4) is 11.3 Å². The maximum absolute atomic E-state index is 13.2. The average molecular weight is 440 g/mol. The van der Waals surface area contributed by atoms with Gasteiger partial charge in [0.2, 0.25) is 11.8 Å². The van der Waals surface area contributed by atoms with E-state index in [0.717, 1.165) is 29.7 Å². The van der Waals surface area contributed by atoms with Crippen LogP contribution in [0.1, 0.15) is 44.7 Å². The number of hydrogen-bond donors (Lipinski definition) is 3. The molecule has 1 aliphatic carbocycles. The zero-order chi connectivity index (χ0) is 23.0. The molecule has 1 saturated carbocycles. The number of likely N-dealkylation sites (tertiary alicyclic amines) is 1. The monoisotopic (exact) mass is 439 g/mol. The Kier molecular flexibility index (Phi) is 6.09. The number of benzene rings is 1. The Morgan fingerprint density at radius 3 is 2.47 bits per heavy atom. The molecule has 8 nitrogen and oxygen atoms in total. The van der Waals surface area contributed by atoms with Gasteiger partial charge in [0.15, 0.2) is 0 Å². The molecule has 1 aromatic carbocycles. The number of carbonyl (C=O) groups excluding carboxylic acids is 2. The third-order valence-electron chi connectivity index (χ3n) is 7.02. The lowest BCUT2D eigenvalue weighted by Crippen LogP contribution is -2.54. The van der Waals surface area contributed by atoms with Crippen molar-refractivity contribution < 1.29 is 14.7 Å². The number of amides is 2. The second kappa shape index (κ2) is 8.67. The Labute approximate surface area is 189 Å². The molecule has 2 amide bonds. The predicted molar refractivity (Wildman–Crippen MR) is 122 cm³/mol. The molecule has 172 valence electrons. The molecule has 3 N–H and O–H groups in total. The van der Waals surface area contributed by atoms with Gasteiger partial charge in [-0.25, -0.2) is 0 Å². The Morgan fingerprint density at radius 2 is 1.91 bits per heavy atom. The van der Waals surface area contributed by atoms with Gasteiger partial charge in [0.25, 0.3) is 0 Å². The first-order chi connectivity index (χ1) is 15.2. The van der Waals surface area contributed by atoms with Gasteiger partial charge in [0.1, 0.15) is 6.04 Å². The quantitative estimate of drug-likeness (QED) is 0.609. The molecule has 0 spiro atoms. The maximum Gasteiger partial charge on any atom is 0.243 e. The summed E-state index contributed by atoms with van der Waals surface area (Å²) in [5, 5.41) is 20.6. The minimum atomic E-state index is -0.687. The molecule has 1 aliphatic heterocycles. The van der Waals surface area contributed by atoms with Crippen molar-refractivity contribution in [2.45, 2.75) is 57.3 Å². The summed E-state index contributed by atoms with van der Waals surface area (Å²) in [6.45, 7) is 4.21. The number of carbonyl (C=O) groups is 2. The summed E-state index contributed by atoms with van der Waals surface area (Å²) in [5.41, 5.74) is 2.98. The first-order valence-corrected chi connectivity index (χ1v) is 11.3. The number of aromatic nitrogens is 2. The number of rotatable bonds is 7. The van der Waals surface area contributed by atoms with Gasteiger partial charge >= 0.3 is 0 Å². The molecule has 2 heterocycles. The lowest BCUT2D eigenvalue weighted by atomic mass is 9.97. The molecule has 0 radical (unpaired) electrons. The molecule has 2 aliphatic rings. The third kappa shape index (κ3) is 4.29. The van der Waals surface area contributed by atoms with Crippen LogP contribution in [0.2, 0.25) is 0 Å². The van der Waals surface area contributed by atoms with Gasteiger partial charge in [0, 0.05) is 26.2 Å². The zero-order valence-corrected chi connectivity index (χ0v) is 19.2. The number of hydrogen-bond acceptors (Lipinski definition) is 5. The van der Waals surface area contributed by atoms with E-state index in [9.17, 15) is 14.7 Å². The smallest absolute Gasteiger partial charge is 0.243 e. The van der Waals surface area contributed by atoms with Crippen molar-refractivity contribution in [2.24, 2.45) is 12.5 Å². The second-order valence-electron chi connectivity index (χ2n) is 9.46. The molecule has 1 saturated heterocycles. The number of aliphatic hydroxyl groups is 1. The van der Waals surface area contributed by atoms with Crippen LogP contribution >= 0.6 is 0 Å². The van der Waals surface area contributed by atoms with E-state index in [1.807, 2.05) is 49.0 Å². The van der Waals surface area contributed by atoms with Gasteiger partial charge in [0.05, 0.1) is 23.9 Å². The Bertz CT molecular complexity index is 982. The SMILES string of the molecule is CNC(C(=O)N1C[C@H](O)C[C@H]1C(=O)N[C@@H](C)c1ccc(-c2ccnn2C)cc1)C1(C)CC1. The zero-order valence-electron chi connectivity index (χ0n) is 19.2. The van der Waals surface area contributed by atoms with Gasteiger partial charge < -0.3 is 20.6 Å². The van der Waals surface area contributed by atoms with E-state index in [1.54, 1.807) is 18.1 Å². The fraction of sp³-hybridized carbons (Fsp3) is 0.542. The number of nitrogens with one attached hydrogen (secondary N) is 2. The summed E-state index contributed by atoms with van der Waals surface area (Å²) in [4.78, 5) is 27.9. The van der Waals surface area contributed by atoms with Crippen LogP contribution < -0.4 is 10.6 Å². The number of aryl methyl sites for hydroxylation is 1. The standard InChI is InChI=1S/C24H33N5O3/c1-15(16-5-7-17(8-6-16)19-9-12-26-28(19)4)27-22(31)20-13-18(30)14-29(20)23(32)21(25-3)24(2)10-11-24/h5-9,12,15,18,20-21,25,30H,10-11,13-14H2,1-4H3,(H,27,31)/t15-,18+,20-,21?/m0/s1. The number of nitrogens with zero attached hydrogens (tertiary/aromatic N) is 3. The van der Waals surface area contributed by atoms with E-state index in [4.69, 9.17) is 0 Å². The first-order valence-electron chi connectivity index (χ1n) is 11.3. The minimum absolute atomic E-state index is 0.0662. The summed E-state index contributed by atoms with van der Waals surface area (Å²) in [7, 11) is 3.68. The topological polar surface area (TPSA) is 99.5 Å². The van der Waals surface area contributed by atoms with Crippen molar-refractivity contribution >= 4 is 11.8 Å². The fourth-order valence-electron chi connectivity index (χ4n) is 4.72. The maximum atomic E-state index is 13.2. The third-order valence-corrected chi connectivity index (χ3v) is 7.02. The molecule has 8 heteroatoms. The first kappa shape index (κ1) is 22.5. The summed E-state index contributed by atoms with van der Waals surface area (Å²) in [5.74, 6) is -0.328. The van der Waals surface area contributed by atoms with Crippen LogP contribution in [0.4, 0.5) is 0 Å². The molecule has 1 unspecified atom stereocenters.